The monoisotopic (exact) mass is 414 g/mol. The summed E-state index contributed by atoms with van der Waals surface area (Å²) in [6.07, 6.45) is 15.7. The smallest absolute Gasteiger partial charge is 0.127 e. The molecule has 0 amide bonds. The van der Waals surface area contributed by atoms with Crippen molar-refractivity contribution in [1.29, 1.82) is 0 Å². The number of hydrogen-bond donors (Lipinski definition) is 1. The minimum Gasteiger partial charge on any atom is -0.507 e. The SMILES string of the molecule is Cc1c(C)c2c(c(C)c1O)CC[C@@](C)(CCCCCCCCCN1C=NCCC1)O2. The van der Waals surface area contributed by atoms with E-state index in [9.17, 15) is 5.11 Å². The molecule has 0 saturated heterocycles. The fraction of sp³-hybridized carbons (Fsp3) is 0.731. The van der Waals surface area contributed by atoms with Gasteiger partial charge in [-0.15, -0.1) is 0 Å². The Morgan fingerprint density at radius 1 is 1.00 bits per heavy atom. The Kier molecular flexibility index (Phi) is 8.07. The highest BCUT2D eigenvalue weighted by molar-refractivity contribution is 5.58. The molecule has 2 heterocycles. The Hall–Kier alpha value is -1.71. The first-order valence-corrected chi connectivity index (χ1v) is 12.2. The van der Waals surface area contributed by atoms with Gasteiger partial charge in [0.1, 0.15) is 17.1 Å². The van der Waals surface area contributed by atoms with E-state index in [1.54, 1.807) is 0 Å². The Balaban J connectivity index is 1.33. The van der Waals surface area contributed by atoms with Gasteiger partial charge in [-0.3, -0.25) is 4.99 Å². The van der Waals surface area contributed by atoms with Crippen molar-refractivity contribution in [3.8, 4) is 11.5 Å². The number of ether oxygens (including phenoxy) is 1. The van der Waals surface area contributed by atoms with E-state index in [0.717, 1.165) is 48.2 Å². The molecule has 1 aromatic carbocycles. The van der Waals surface area contributed by atoms with Gasteiger partial charge in [0.15, 0.2) is 0 Å². The molecule has 1 N–H and O–H groups in total. The van der Waals surface area contributed by atoms with Crippen LogP contribution in [-0.2, 0) is 6.42 Å². The number of phenols is 1. The van der Waals surface area contributed by atoms with E-state index in [1.807, 2.05) is 20.2 Å². The Labute approximate surface area is 183 Å². The minimum atomic E-state index is -0.0659. The van der Waals surface area contributed by atoms with Crippen molar-refractivity contribution >= 4 is 6.34 Å². The molecule has 30 heavy (non-hydrogen) atoms. The van der Waals surface area contributed by atoms with Crippen LogP contribution in [0.2, 0.25) is 0 Å². The summed E-state index contributed by atoms with van der Waals surface area (Å²) in [4.78, 5) is 6.73. The number of aromatic hydroxyl groups is 1. The Bertz CT molecular complexity index is 743. The third-order valence-corrected chi connectivity index (χ3v) is 7.22. The van der Waals surface area contributed by atoms with Crippen LogP contribution < -0.4 is 4.74 Å². The quantitative estimate of drug-likeness (QED) is 0.460. The van der Waals surface area contributed by atoms with Crippen molar-refractivity contribution in [3.63, 3.8) is 0 Å². The van der Waals surface area contributed by atoms with Gasteiger partial charge in [-0.05, 0) is 82.9 Å². The molecule has 0 spiro atoms. The topological polar surface area (TPSA) is 45.1 Å². The van der Waals surface area contributed by atoms with Gasteiger partial charge >= 0.3 is 0 Å². The summed E-state index contributed by atoms with van der Waals surface area (Å²) < 4.78 is 6.56. The molecule has 2 aliphatic rings. The lowest BCUT2D eigenvalue weighted by molar-refractivity contribution is 0.0521. The average molecular weight is 415 g/mol. The van der Waals surface area contributed by atoms with Gasteiger partial charge in [-0.25, -0.2) is 0 Å². The first-order valence-electron chi connectivity index (χ1n) is 12.2. The van der Waals surface area contributed by atoms with Crippen LogP contribution in [0.3, 0.4) is 0 Å². The van der Waals surface area contributed by atoms with Crippen molar-refractivity contribution in [1.82, 2.24) is 4.90 Å². The molecule has 2 aliphatic heterocycles. The Morgan fingerprint density at radius 2 is 1.70 bits per heavy atom. The Morgan fingerprint density at radius 3 is 2.40 bits per heavy atom. The number of unbranched alkanes of at least 4 members (excludes halogenated alkanes) is 6. The predicted octanol–water partition coefficient (Wildman–Crippen LogP) is 6.26. The van der Waals surface area contributed by atoms with Crippen LogP contribution >= 0.6 is 0 Å². The fourth-order valence-corrected chi connectivity index (χ4v) is 4.93. The van der Waals surface area contributed by atoms with E-state index < -0.39 is 0 Å². The maximum atomic E-state index is 10.4. The summed E-state index contributed by atoms with van der Waals surface area (Å²) in [5.41, 5.74) is 4.22. The molecule has 0 aromatic heterocycles. The maximum absolute atomic E-state index is 10.4. The summed E-state index contributed by atoms with van der Waals surface area (Å²) >= 11 is 0. The molecule has 0 saturated carbocycles. The lowest BCUT2D eigenvalue weighted by atomic mass is 9.84. The number of fused-ring (bicyclic) bond motifs is 1. The van der Waals surface area contributed by atoms with E-state index in [0.29, 0.717) is 5.75 Å². The van der Waals surface area contributed by atoms with E-state index in [1.165, 1.54) is 70.0 Å². The highest BCUT2D eigenvalue weighted by Gasteiger charge is 2.34. The standard InChI is InChI=1S/C26H42N2O2/c1-20-21(2)25-23(22(3)24(20)29)13-15-26(4,30-25)14-10-8-6-5-7-9-11-17-28-18-12-16-27-19-28/h19,29H,5-18H2,1-4H3/t26-/m1/s1. The van der Waals surface area contributed by atoms with Gasteiger partial charge in [-0.1, -0.05) is 32.1 Å². The van der Waals surface area contributed by atoms with Crippen LogP contribution in [0.5, 0.6) is 11.5 Å². The largest absolute Gasteiger partial charge is 0.507 e. The summed E-state index contributed by atoms with van der Waals surface area (Å²) in [6.45, 7) is 11.7. The molecule has 1 atom stereocenters. The first-order chi connectivity index (χ1) is 14.4. The number of benzene rings is 1. The summed E-state index contributed by atoms with van der Waals surface area (Å²) in [6, 6.07) is 0. The van der Waals surface area contributed by atoms with Gasteiger partial charge in [-0.2, -0.15) is 0 Å². The average Bonchev–Trinajstić information content (AvgIpc) is 2.75. The number of hydrogen-bond acceptors (Lipinski definition) is 4. The summed E-state index contributed by atoms with van der Waals surface area (Å²) in [5.74, 6) is 1.48. The molecular formula is C26H42N2O2. The molecular weight excluding hydrogens is 372 g/mol. The minimum absolute atomic E-state index is 0.0659. The normalized spacial score (nSPS) is 20.9. The molecule has 0 fully saturated rings. The van der Waals surface area contributed by atoms with Crippen LogP contribution in [-0.4, -0.2) is 41.6 Å². The lowest BCUT2D eigenvalue weighted by Gasteiger charge is -2.38. The van der Waals surface area contributed by atoms with E-state index in [4.69, 9.17) is 4.74 Å². The molecule has 0 bridgehead atoms. The molecule has 0 radical (unpaired) electrons. The zero-order chi connectivity index (χ0) is 21.6. The third-order valence-electron chi connectivity index (χ3n) is 7.22. The highest BCUT2D eigenvalue weighted by atomic mass is 16.5. The van der Waals surface area contributed by atoms with Crippen molar-refractivity contribution in [3.05, 3.63) is 22.3 Å². The van der Waals surface area contributed by atoms with E-state index in [2.05, 4.69) is 23.7 Å². The van der Waals surface area contributed by atoms with Crippen molar-refractivity contribution in [2.24, 2.45) is 4.99 Å². The summed E-state index contributed by atoms with van der Waals surface area (Å²) in [5, 5.41) is 10.4. The maximum Gasteiger partial charge on any atom is 0.127 e. The second-order valence-electron chi connectivity index (χ2n) is 9.72. The second kappa shape index (κ2) is 10.5. The molecule has 0 unspecified atom stereocenters. The molecule has 1 aromatic rings. The van der Waals surface area contributed by atoms with Gasteiger partial charge in [0, 0.05) is 25.2 Å². The van der Waals surface area contributed by atoms with Crippen LogP contribution in [0.4, 0.5) is 0 Å². The molecule has 0 aliphatic carbocycles. The van der Waals surface area contributed by atoms with Crippen LogP contribution in [0.15, 0.2) is 4.99 Å². The number of rotatable bonds is 10. The lowest BCUT2D eigenvalue weighted by Crippen LogP contribution is -2.37. The van der Waals surface area contributed by atoms with Crippen molar-refractivity contribution < 1.29 is 9.84 Å². The van der Waals surface area contributed by atoms with Gasteiger partial charge in [0.2, 0.25) is 0 Å². The van der Waals surface area contributed by atoms with Crippen LogP contribution in [0.25, 0.3) is 0 Å². The van der Waals surface area contributed by atoms with Gasteiger partial charge in [0.05, 0.1) is 6.34 Å². The van der Waals surface area contributed by atoms with Crippen LogP contribution in [0.1, 0.15) is 93.4 Å². The first kappa shape index (κ1) is 23.0. The van der Waals surface area contributed by atoms with Crippen molar-refractivity contribution in [2.75, 3.05) is 19.6 Å². The van der Waals surface area contributed by atoms with Gasteiger partial charge in [0.25, 0.3) is 0 Å². The van der Waals surface area contributed by atoms with E-state index >= 15 is 0 Å². The van der Waals surface area contributed by atoms with Crippen LogP contribution in [0, 0.1) is 20.8 Å². The second-order valence-corrected chi connectivity index (χ2v) is 9.72. The summed E-state index contributed by atoms with van der Waals surface area (Å²) in [7, 11) is 0. The van der Waals surface area contributed by atoms with Crippen molar-refractivity contribution in [2.45, 2.75) is 104 Å². The highest BCUT2D eigenvalue weighted by Crippen LogP contribution is 2.44. The zero-order valence-corrected chi connectivity index (χ0v) is 19.7. The molecule has 3 rings (SSSR count). The fourth-order valence-electron chi connectivity index (χ4n) is 4.93. The number of aliphatic imine (C=N–C) groups is 1. The zero-order valence-electron chi connectivity index (χ0n) is 19.7. The number of nitrogens with zero attached hydrogens (tertiary/aromatic N) is 2. The molecule has 4 heteroatoms. The predicted molar refractivity (Wildman–Crippen MR) is 126 cm³/mol. The molecule has 4 nitrogen and oxygen atoms in total. The van der Waals surface area contributed by atoms with E-state index in [-0.39, 0.29) is 5.60 Å². The molecule has 168 valence electrons. The number of phenolic OH excluding ortho intramolecular Hbond substituents is 1. The third kappa shape index (κ3) is 5.70. The van der Waals surface area contributed by atoms with Gasteiger partial charge < -0.3 is 14.7 Å².